The molecule has 0 unspecified atom stereocenters. The van der Waals surface area contributed by atoms with E-state index in [1.54, 1.807) is 13.0 Å². The highest BCUT2D eigenvalue weighted by Crippen LogP contribution is 2.22. The van der Waals surface area contributed by atoms with Gasteiger partial charge in [-0.3, -0.25) is 4.79 Å². The number of carbonyl (C=O) groups is 2. The van der Waals surface area contributed by atoms with Gasteiger partial charge < -0.3 is 10.4 Å². The Labute approximate surface area is 133 Å². The number of aromatic carboxylic acids is 1. The highest BCUT2D eigenvalue weighted by Gasteiger charge is 2.13. The molecule has 2 aromatic rings. The summed E-state index contributed by atoms with van der Waals surface area (Å²) < 4.78 is 0. The van der Waals surface area contributed by atoms with Gasteiger partial charge in [-0.25, -0.2) is 4.79 Å². The number of carboxylic acid groups (broad SMARTS) is 1. The van der Waals surface area contributed by atoms with Crippen molar-refractivity contribution >= 4 is 35.2 Å². The van der Waals surface area contributed by atoms with Crippen molar-refractivity contribution in [2.24, 2.45) is 0 Å². The summed E-state index contributed by atoms with van der Waals surface area (Å²) in [5, 5.41) is 12.1. The molecule has 0 radical (unpaired) electrons. The van der Waals surface area contributed by atoms with Crippen molar-refractivity contribution in [1.82, 2.24) is 0 Å². The van der Waals surface area contributed by atoms with Gasteiger partial charge in [-0.1, -0.05) is 41.9 Å². The molecule has 0 heterocycles. The van der Waals surface area contributed by atoms with Crippen LogP contribution < -0.4 is 5.32 Å². The van der Waals surface area contributed by atoms with Crippen LogP contribution in [0.1, 0.15) is 22.8 Å². The zero-order valence-corrected chi connectivity index (χ0v) is 12.6. The molecule has 2 rings (SSSR count). The van der Waals surface area contributed by atoms with Crippen molar-refractivity contribution in [3.8, 4) is 0 Å². The predicted octanol–water partition coefficient (Wildman–Crippen LogP) is 4.08. The number of anilines is 1. The van der Waals surface area contributed by atoms with Crippen LogP contribution in [0.5, 0.6) is 0 Å². The second-order valence-corrected chi connectivity index (χ2v) is 5.12. The first-order valence-corrected chi connectivity index (χ1v) is 6.92. The molecule has 0 saturated heterocycles. The highest BCUT2D eigenvalue weighted by molar-refractivity contribution is 6.31. The van der Waals surface area contributed by atoms with Crippen molar-refractivity contribution < 1.29 is 14.7 Å². The lowest BCUT2D eigenvalue weighted by atomic mass is 10.1. The molecular formula is C17H14ClNO3. The Kier molecular flexibility index (Phi) is 4.96. The van der Waals surface area contributed by atoms with Gasteiger partial charge in [0.2, 0.25) is 0 Å². The van der Waals surface area contributed by atoms with Gasteiger partial charge in [0.25, 0.3) is 5.91 Å². The molecule has 22 heavy (non-hydrogen) atoms. The third kappa shape index (κ3) is 3.96. The van der Waals surface area contributed by atoms with Gasteiger partial charge in [0.05, 0.1) is 11.3 Å². The van der Waals surface area contributed by atoms with Crippen molar-refractivity contribution in [3.05, 3.63) is 70.3 Å². The Bertz CT molecular complexity index is 739. The lowest BCUT2D eigenvalue weighted by Gasteiger charge is -2.09. The lowest BCUT2D eigenvalue weighted by molar-refractivity contribution is -0.112. The minimum Gasteiger partial charge on any atom is -0.478 e. The maximum Gasteiger partial charge on any atom is 0.337 e. The Balaban J connectivity index is 2.24. The molecule has 0 spiro atoms. The molecule has 2 N–H and O–H groups in total. The largest absolute Gasteiger partial charge is 0.478 e. The SMILES string of the molecule is C/C(=C\c1ccccc1)C(=O)Nc1cc(Cl)ccc1C(=O)O. The highest BCUT2D eigenvalue weighted by atomic mass is 35.5. The van der Waals surface area contributed by atoms with Crippen LogP contribution in [0, 0.1) is 0 Å². The van der Waals surface area contributed by atoms with E-state index >= 15 is 0 Å². The van der Waals surface area contributed by atoms with Gasteiger partial charge in [-0.05, 0) is 36.8 Å². The third-order valence-corrected chi connectivity index (χ3v) is 3.24. The molecule has 0 saturated carbocycles. The number of halogens is 1. The van der Waals surface area contributed by atoms with Crippen LogP contribution in [0.4, 0.5) is 5.69 Å². The molecule has 2 aromatic carbocycles. The zero-order chi connectivity index (χ0) is 16.1. The first kappa shape index (κ1) is 15.8. The maximum atomic E-state index is 12.2. The fraction of sp³-hybridized carbons (Fsp3) is 0.0588. The summed E-state index contributed by atoms with van der Waals surface area (Å²) in [5.74, 6) is -1.51. The molecule has 0 aromatic heterocycles. The van der Waals surface area contributed by atoms with Crippen molar-refractivity contribution in [2.45, 2.75) is 6.92 Å². The maximum absolute atomic E-state index is 12.2. The average Bonchev–Trinajstić information content (AvgIpc) is 2.48. The normalized spacial score (nSPS) is 11.1. The summed E-state index contributed by atoms with van der Waals surface area (Å²) in [6, 6.07) is 13.6. The molecule has 0 fully saturated rings. The topological polar surface area (TPSA) is 66.4 Å². The summed E-state index contributed by atoms with van der Waals surface area (Å²) >= 11 is 5.86. The second-order valence-electron chi connectivity index (χ2n) is 4.69. The number of carboxylic acids is 1. The fourth-order valence-corrected chi connectivity index (χ4v) is 2.06. The second kappa shape index (κ2) is 6.91. The molecule has 0 aliphatic rings. The molecule has 5 heteroatoms. The van der Waals surface area contributed by atoms with E-state index in [1.165, 1.54) is 18.2 Å². The van der Waals surface area contributed by atoms with E-state index < -0.39 is 5.97 Å². The van der Waals surface area contributed by atoms with Crippen molar-refractivity contribution in [3.63, 3.8) is 0 Å². The van der Waals surface area contributed by atoms with Gasteiger partial charge in [-0.2, -0.15) is 0 Å². The van der Waals surface area contributed by atoms with Gasteiger partial charge in [0, 0.05) is 10.6 Å². The van der Waals surface area contributed by atoms with Gasteiger partial charge in [0.1, 0.15) is 0 Å². The van der Waals surface area contributed by atoms with E-state index in [0.29, 0.717) is 10.6 Å². The first-order valence-electron chi connectivity index (χ1n) is 6.55. The average molecular weight is 316 g/mol. The zero-order valence-electron chi connectivity index (χ0n) is 11.8. The lowest BCUT2D eigenvalue weighted by Crippen LogP contribution is -2.15. The number of nitrogens with one attached hydrogen (secondary N) is 1. The van der Waals surface area contributed by atoms with Crippen LogP contribution in [-0.4, -0.2) is 17.0 Å². The van der Waals surface area contributed by atoms with Crippen molar-refractivity contribution in [1.29, 1.82) is 0 Å². The van der Waals surface area contributed by atoms with Crippen LogP contribution >= 0.6 is 11.6 Å². The smallest absolute Gasteiger partial charge is 0.337 e. The Morgan fingerprint density at radius 1 is 1.14 bits per heavy atom. The van der Waals surface area contributed by atoms with Crippen LogP contribution in [0.15, 0.2) is 54.1 Å². The van der Waals surface area contributed by atoms with Gasteiger partial charge in [-0.15, -0.1) is 0 Å². The molecular weight excluding hydrogens is 302 g/mol. The van der Waals surface area contributed by atoms with E-state index in [2.05, 4.69) is 5.32 Å². The molecule has 1 amide bonds. The molecule has 0 aliphatic heterocycles. The monoisotopic (exact) mass is 315 g/mol. The summed E-state index contributed by atoms with van der Waals surface area (Å²) in [5.41, 5.74) is 1.51. The summed E-state index contributed by atoms with van der Waals surface area (Å²) in [6.45, 7) is 1.66. The minimum atomic E-state index is -1.13. The van der Waals surface area contributed by atoms with Gasteiger partial charge in [0.15, 0.2) is 0 Å². The number of amides is 1. The first-order chi connectivity index (χ1) is 10.5. The third-order valence-electron chi connectivity index (χ3n) is 3.00. The minimum absolute atomic E-state index is 0.00902. The van der Waals surface area contributed by atoms with Crippen molar-refractivity contribution in [2.75, 3.05) is 5.32 Å². The summed E-state index contributed by atoms with van der Waals surface area (Å²) in [4.78, 5) is 23.4. The number of rotatable bonds is 4. The number of hydrogen-bond acceptors (Lipinski definition) is 2. The number of benzene rings is 2. The van der Waals surface area contributed by atoms with Crippen LogP contribution in [0.3, 0.4) is 0 Å². The summed E-state index contributed by atoms with van der Waals surface area (Å²) in [6.07, 6.45) is 1.72. The molecule has 0 atom stereocenters. The summed E-state index contributed by atoms with van der Waals surface area (Å²) in [7, 11) is 0. The Morgan fingerprint density at radius 2 is 1.82 bits per heavy atom. The predicted molar refractivity (Wildman–Crippen MR) is 87.1 cm³/mol. The molecule has 4 nitrogen and oxygen atoms in total. The quantitative estimate of drug-likeness (QED) is 0.835. The molecule has 112 valence electrons. The molecule has 0 bridgehead atoms. The van der Waals surface area contributed by atoms with E-state index in [4.69, 9.17) is 16.7 Å². The van der Waals surface area contributed by atoms with E-state index in [-0.39, 0.29) is 17.2 Å². The van der Waals surface area contributed by atoms with E-state index in [9.17, 15) is 9.59 Å². The standard InChI is InChI=1S/C17H14ClNO3/c1-11(9-12-5-3-2-4-6-12)16(20)19-15-10-13(18)7-8-14(15)17(21)22/h2-10H,1H3,(H,19,20)(H,21,22)/b11-9+. The Hall–Kier alpha value is -2.59. The molecule has 0 aliphatic carbocycles. The van der Waals surface area contributed by atoms with E-state index in [1.807, 2.05) is 30.3 Å². The number of carbonyl (C=O) groups excluding carboxylic acids is 1. The van der Waals surface area contributed by atoms with Crippen LogP contribution in [0.2, 0.25) is 5.02 Å². The van der Waals surface area contributed by atoms with Crippen LogP contribution in [-0.2, 0) is 4.79 Å². The fourth-order valence-electron chi connectivity index (χ4n) is 1.89. The van der Waals surface area contributed by atoms with E-state index in [0.717, 1.165) is 5.56 Å². The number of hydrogen-bond donors (Lipinski definition) is 2. The van der Waals surface area contributed by atoms with Crippen LogP contribution in [0.25, 0.3) is 6.08 Å². The van der Waals surface area contributed by atoms with Gasteiger partial charge >= 0.3 is 5.97 Å². The Morgan fingerprint density at radius 3 is 2.45 bits per heavy atom.